The monoisotopic (exact) mass is 532 g/mol. The van der Waals surface area contributed by atoms with Gasteiger partial charge in [0, 0.05) is 6.92 Å². The van der Waals surface area contributed by atoms with Crippen molar-refractivity contribution >= 4 is 35.4 Å². The van der Waals surface area contributed by atoms with Crippen LogP contribution in [0, 0.1) is 0 Å². The standard InChI is InChI=1S/C29H28N2O6S/c1-5-35-23-17-21(15-16-22(23)37-19(4)32)26-25(28(34)36-6-2)18(3)30-29-31(26)27(33)24(38-29)14-10-13-20-11-8-7-9-12-20/h7-17,26H,5-6H2,1-4H3/b13-10+,24-14-/t26-/m1/s1. The van der Waals surface area contributed by atoms with E-state index in [1.54, 1.807) is 38.1 Å². The molecule has 0 N–H and O–H groups in total. The SMILES string of the molecule is CCOC(=O)C1=C(C)N=c2s/c(=C\C=C\c3ccccc3)c(=O)n2[C@@H]1c1ccc(OC(C)=O)c(OCC)c1. The van der Waals surface area contributed by atoms with Gasteiger partial charge in [0.2, 0.25) is 0 Å². The zero-order chi connectivity index (χ0) is 27.2. The normalized spacial score (nSPS) is 15.3. The number of benzene rings is 2. The molecule has 2 aromatic carbocycles. The lowest BCUT2D eigenvalue weighted by molar-refractivity contribution is -0.139. The van der Waals surface area contributed by atoms with E-state index in [-0.39, 0.29) is 23.5 Å². The van der Waals surface area contributed by atoms with Gasteiger partial charge >= 0.3 is 11.9 Å². The summed E-state index contributed by atoms with van der Waals surface area (Å²) < 4.78 is 18.3. The molecule has 0 amide bonds. The minimum atomic E-state index is -0.809. The molecule has 2 heterocycles. The van der Waals surface area contributed by atoms with Crippen LogP contribution in [0.25, 0.3) is 12.2 Å². The molecular formula is C29H28N2O6S. The van der Waals surface area contributed by atoms with Crippen molar-refractivity contribution < 1.29 is 23.8 Å². The summed E-state index contributed by atoms with van der Waals surface area (Å²) in [5, 5.41) is 0. The van der Waals surface area contributed by atoms with Crippen LogP contribution >= 0.6 is 11.3 Å². The van der Waals surface area contributed by atoms with Gasteiger partial charge in [-0.1, -0.05) is 59.9 Å². The third kappa shape index (κ3) is 5.68. The van der Waals surface area contributed by atoms with Gasteiger partial charge in [-0.2, -0.15) is 0 Å². The van der Waals surface area contributed by atoms with Crippen LogP contribution in [0.3, 0.4) is 0 Å². The van der Waals surface area contributed by atoms with E-state index in [0.29, 0.717) is 33.0 Å². The van der Waals surface area contributed by atoms with Crippen LogP contribution in [0.5, 0.6) is 11.5 Å². The van der Waals surface area contributed by atoms with Gasteiger partial charge in [0.05, 0.1) is 35.1 Å². The number of thiazole rings is 1. The zero-order valence-electron chi connectivity index (χ0n) is 21.6. The molecule has 0 fully saturated rings. The highest BCUT2D eigenvalue weighted by atomic mass is 32.1. The summed E-state index contributed by atoms with van der Waals surface area (Å²) in [6.07, 6.45) is 5.47. The fourth-order valence-corrected chi connectivity index (χ4v) is 5.13. The van der Waals surface area contributed by atoms with Gasteiger partial charge in [0.15, 0.2) is 16.3 Å². The molecule has 0 saturated heterocycles. The van der Waals surface area contributed by atoms with E-state index in [1.807, 2.05) is 49.4 Å². The minimum absolute atomic E-state index is 0.173. The van der Waals surface area contributed by atoms with E-state index < -0.39 is 18.0 Å². The number of carbonyl (C=O) groups excluding carboxylic acids is 2. The number of allylic oxidation sites excluding steroid dienone is 2. The number of hydrogen-bond donors (Lipinski definition) is 0. The Bertz CT molecular complexity index is 1600. The fourth-order valence-electron chi connectivity index (χ4n) is 4.13. The zero-order valence-corrected chi connectivity index (χ0v) is 22.4. The first kappa shape index (κ1) is 26.8. The Morgan fingerprint density at radius 1 is 1.08 bits per heavy atom. The van der Waals surface area contributed by atoms with Crippen LogP contribution in [-0.4, -0.2) is 29.7 Å². The smallest absolute Gasteiger partial charge is 0.338 e. The van der Waals surface area contributed by atoms with Gasteiger partial charge in [-0.05, 0) is 50.1 Å². The Labute approximate surface area is 223 Å². The van der Waals surface area contributed by atoms with Crippen LogP contribution in [-0.2, 0) is 14.3 Å². The van der Waals surface area contributed by atoms with Crippen molar-refractivity contribution in [2.45, 2.75) is 33.7 Å². The molecule has 196 valence electrons. The Kier molecular flexibility index (Phi) is 8.38. The lowest BCUT2D eigenvalue weighted by Gasteiger charge is -2.25. The van der Waals surface area contributed by atoms with Crippen molar-refractivity contribution in [1.29, 1.82) is 0 Å². The van der Waals surface area contributed by atoms with E-state index in [9.17, 15) is 14.4 Å². The first-order valence-electron chi connectivity index (χ1n) is 12.2. The maximum Gasteiger partial charge on any atom is 0.338 e. The van der Waals surface area contributed by atoms with E-state index in [0.717, 1.165) is 5.56 Å². The van der Waals surface area contributed by atoms with Crippen molar-refractivity contribution in [2.24, 2.45) is 4.99 Å². The maximum absolute atomic E-state index is 13.7. The van der Waals surface area contributed by atoms with Gasteiger partial charge in [-0.15, -0.1) is 0 Å². The minimum Gasteiger partial charge on any atom is -0.490 e. The quantitative estimate of drug-likeness (QED) is 0.324. The molecule has 1 atom stereocenters. The molecule has 0 saturated carbocycles. The number of fused-ring (bicyclic) bond motifs is 1. The Morgan fingerprint density at radius 2 is 1.84 bits per heavy atom. The van der Waals surface area contributed by atoms with Crippen LogP contribution in [0.4, 0.5) is 0 Å². The first-order chi connectivity index (χ1) is 18.3. The van der Waals surface area contributed by atoms with Crippen LogP contribution in [0.15, 0.2) is 75.7 Å². The largest absolute Gasteiger partial charge is 0.490 e. The molecule has 9 heteroatoms. The topological polar surface area (TPSA) is 96.2 Å². The number of nitrogens with zero attached hydrogens (tertiary/aromatic N) is 2. The predicted octanol–water partition coefficient (Wildman–Crippen LogP) is 3.79. The number of esters is 2. The van der Waals surface area contributed by atoms with Gasteiger partial charge in [0.1, 0.15) is 0 Å². The second-order valence-electron chi connectivity index (χ2n) is 8.33. The summed E-state index contributed by atoms with van der Waals surface area (Å²) >= 11 is 1.24. The van der Waals surface area contributed by atoms with Crippen molar-refractivity contribution in [1.82, 2.24) is 4.57 Å². The van der Waals surface area contributed by atoms with Crippen molar-refractivity contribution in [3.05, 3.63) is 96.7 Å². The van der Waals surface area contributed by atoms with Gasteiger partial charge < -0.3 is 14.2 Å². The molecule has 0 bridgehead atoms. The third-order valence-corrected chi connectivity index (χ3v) is 6.69. The average Bonchev–Trinajstić information content (AvgIpc) is 3.19. The van der Waals surface area contributed by atoms with Crippen molar-refractivity contribution in [3.8, 4) is 11.5 Å². The van der Waals surface area contributed by atoms with Crippen molar-refractivity contribution in [2.75, 3.05) is 13.2 Å². The second kappa shape index (κ2) is 11.9. The molecule has 4 rings (SSSR count). The summed E-state index contributed by atoms with van der Waals surface area (Å²) in [5.74, 6) is -0.469. The molecule has 38 heavy (non-hydrogen) atoms. The first-order valence-corrected chi connectivity index (χ1v) is 13.0. The molecule has 1 aliphatic heterocycles. The van der Waals surface area contributed by atoms with Gasteiger partial charge in [-0.25, -0.2) is 9.79 Å². The third-order valence-electron chi connectivity index (χ3n) is 5.69. The summed E-state index contributed by atoms with van der Waals surface area (Å²) in [4.78, 5) is 43.4. The second-order valence-corrected chi connectivity index (χ2v) is 9.34. The molecular weight excluding hydrogens is 504 g/mol. The average molecular weight is 533 g/mol. The van der Waals surface area contributed by atoms with Crippen molar-refractivity contribution in [3.63, 3.8) is 0 Å². The van der Waals surface area contributed by atoms with E-state index in [1.165, 1.54) is 22.8 Å². The fraction of sp³-hybridized carbons (Fsp3) is 0.241. The molecule has 0 spiro atoms. The van der Waals surface area contributed by atoms with E-state index >= 15 is 0 Å². The number of ether oxygens (including phenoxy) is 3. The van der Waals surface area contributed by atoms with E-state index in [2.05, 4.69) is 4.99 Å². The summed E-state index contributed by atoms with van der Waals surface area (Å²) in [5.41, 5.74) is 2.03. The number of carbonyl (C=O) groups is 2. The molecule has 1 aliphatic rings. The van der Waals surface area contributed by atoms with Gasteiger partial charge in [0.25, 0.3) is 5.56 Å². The van der Waals surface area contributed by atoms with E-state index in [4.69, 9.17) is 14.2 Å². The molecule has 3 aromatic rings. The Hall–Kier alpha value is -4.24. The summed E-state index contributed by atoms with van der Waals surface area (Å²) in [6.45, 7) is 7.06. The molecule has 8 nitrogen and oxygen atoms in total. The molecule has 0 radical (unpaired) electrons. The molecule has 0 unspecified atom stereocenters. The predicted molar refractivity (Wildman–Crippen MR) is 146 cm³/mol. The molecule has 0 aliphatic carbocycles. The Balaban J connectivity index is 1.88. The van der Waals surface area contributed by atoms with Crippen LogP contribution in [0.1, 0.15) is 44.9 Å². The number of aromatic nitrogens is 1. The lowest BCUT2D eigenvalue weighted by atomic mass is 9.95. The molecule has 1 aromatic heterocycles. The number of hydrogen-bond acceptors (Lipinski definition) is 8. The van der Waals surface area contributed by atoms with Gasteiger partial charge in [-0.3, -0.25) is 14.2 Å². The highest BCUT2D eigenvalue weighted by Crippen LogP contribution is 2.36. The maximum atomic E-state index is 13.7. The lowest BCUT2D eigenvalue weighted by Crippen LogP contribution is -2.39. The summed E-state index contributed by atoms with van der Waals surface area (Å²) in [7, 11) is 0. The van der Waals surface area contributed by atoms with Crippen LogP contribution in [0.2, 0.25) is 0 Å². The Morgan fingerprint density at radius 3 is 2.53 bits per heavy atom. The highest BCUT2D eigenvalue weighted by molar-refractivity contribution is 7.07. The highest BCUT2D eigenvalue weighted by Gasteiger charge is 2.34. The van der Waals surface area contributed by atoms with Crippen LogP contribution < -0.4 is 24.4 Å². The number of rotatable bonds is 8. The summed E-state index contributed by atoms with van der Waals surface area (Å²) in [6, 6.07) is 13.9.